The third-order valence-electron chi connectivity index (χ3n) is 6.86. The first-order chi connectivity index (χ1) is 17.8. The minimum atomic E-state index is 0.935. The first kappa shape index (κ1) is 19.7. The second-order valence-corrected chi connectivity index (χ2v) is 9.99. The first-order valence-electron chi connectivity index (χ1n) is 11.9. The van der Waals surface area contributed by atoms with Crippen LogP contribution in [0.2, 0.25) is 0 Å². The fourth-order valence-electron chi connectivity index (χ4n) is 5.11. The number of hydrogen-bond donors (Lipinski definition) is 0. The highest BCUT2D eigenvalue weighted by Gasteiger charge is 2.15. The van der Waals surface area contributed by atoms with Crippen molar-refractivity contribution in [3.8, 4) is 22.5 Å². The van der Waals surface area contributed by atoms with Crippen LogP contribution in [0.3, 0.4) is 0 Å². The summed E-state index contributed by atoms with van der Waals surface area (Å²) in [6.07, 6.45) is 1.83. The van der Waals surface area contributed by atoms with Crippen LogP contribution in [0.15, 0.2) is 109 Å². The molecule has 168 valence electrons. The van der Waals surface area contributed by atoms with E-state index in [0.29, 0.717) is 0 Å². The summed E-state index contributed by atoms with van der Waals surface area (Å²) < 4.78 is 3.54. The van der Waals surface area contributed by atoms with Crippen LogP contribution in [0.1, 0.15) is 0 Å². The number of aromatic nitrogens is 4. The Kier molecular flexibility index (Phi) is 4.07. The molecular weight excluding hydrogens is 460 g/mol. The van der Waals surface area contributed by atoms with Gasteiger partial charge in [0.15, 0.2) is 0 Å². The summed E-state index contributed by atoms with van der Waals surface area (Å²) >= 11 is 1.79. The fourth-order valence-corrected chi connectivity index (χ4v) is 6.28. The van der Waals surface area contributed by atoms with Gasteiger partial charge in [0.1, 0.15) is 16.0 Å². The van der Waals surface area contributed by atoms with E-state index >= 15 is 0 Å². The summed E-state index contributed by atoms with van der Waals surface area (Å²) in [5, 5.41) is 3.42. The Morgan fingerprint density at radius 2 is 1.39 bits per heavy atom. The van der Waals surface area contributed by atoms with Crippen LogP contribution in [0.5, 0.6) is 0 Å². The van der Waals surface area contributed by atoms with E-state index in [4.69, 9.17) is 9.97 Å². The normalized spacial score (nSPS) is 11.9. The third kappa shape index (κ3) is 2.84. The Hall–Kier alpha value is -4.61. The van der Waals surface area contributed by atoms with Crippen molar-refractivity contribution in [2.24, 2.45) is 0 Å². The summed E-state index contributed by atoms with van der Waals surface area (Å²) in [4.78, 5) is 15.7. The lowest BCUT2D eigenvalue weighted by atomic mass is 10.0. The number of fused-ring (bicyclic) bond motifs is 8. The smallest absolute Gasteiger partial charge is 0.139 e. The number of pyridine rings is 3. The predicted octanol–water partition coefficient (Wildman–Crippen LogP) is 8.13. The maximum Gasteiger partial charge on any atom is 0.139 e. The Morgan fingerprint density at radius 1 is 0.583 bits per heavy atom. The van der Waals surface area contributed by atoms with Gasteiger partial charge in [-0.05, 0) is 35.9 Å². The molecule has 8 aromatic rings. The lowest BCUT2D eigenvalue weighted by Crippen LogP contribution is -1.92. The van der Waals surface area contributed by atoms with Gasteiger partial charge in [-0.25, -0.2) is 9.97 Å². The van der Waals surface area contributed by atoms with Crippen molar-refractivity contribution in [2.75, 3.05) is 0 Å². The molecule has 0 fully saturated rings. The summed E-state index contributed by atoms with van der Waals surface area (Å²) in [6, 6.07) is 36.0. The molecule has 0 amide bonds. The monoisotopic (exact) mass is 478 g/mol. The lowest BCUT2D eigenvalue weighted by Gasteiger charge is -2.09. The zero-order valence-corrected chi connectivity index (χ0v) is 19.9. The molecular formula is C31H18N4S. The molecule has 5 aromatic heterocycles. The highest BCUT2D eigenvalue weighted by atomic mass is 32.1. The molecule has 0 N–H and O–H groups in total. The van der Waals surface area contributed by atoms with Gasteiger partial charge in [0.25, 0.3) is 0 Å². The largest absolute Gasteiger partial charge is 0.284 e. The molecule has 5 heteroatoms. The molecule has 0 aliphatic carbocycles. The molecule has 0 saturated heterocycles. The highest BCUT2D eigenvalue weighted by Crippen LogP contribution is 2.36. The van der Waals surface area contributed by atoms with E-state index < -0.39 is 0 Å². The van der Waals surface area contributed by atoms with Gasteiger partial charge in [-0.1, -0.05) is 72.8 Å². The van der Waals surface area contributed by atoms with Gasteiger partial charge in [-0.3, -0.25) is 9.38 Å². The Balaban J connectivity index is 1.27. The van der Waals surface area contributed by atoms with E-state index in [9.17, 15) is 0 Å². The van der Waals surface area contributed by atoms with E-state index in [1.165, 1.54) is 14.9 Å². The van der Waals surface area contributed by atoms with Crippen molar-refractivity contribution in [3.63, 3.8) is 0 Å². The molecule has 0 radical (unpaired) electrons. The summed E-state index contributed by atoms with van der Waals surface area (Å²) in [7, 11) is 0. The second-order valence-electron chi connectivity index (χ2n) is 8.95. The molecule has 0 unspecified atom stereocenters. The molecule has 3 aromatic carbocycles. The van der Waals surface area contributed by atoms with E-state index in [1.54, 1.807) is 11.3 Å². The highest BCUT2D eigenvalue weighted by molar-refractivity contribution is 7.25. The maximum absolute atomic E-state index is 5.01. The summed E-state index contributed by atoms with van der Waals surface area (Å²) in [6.45, 7) is 0. The molecule has 0 spiro atoms. The van der Waals surface area contributed by atoms with Gasteiger partial charge in [0, 0.05) is 32.6 Å². The number of hydrogen-bond acceptors (Lipinski definition) is 4. The van der Waals surface area contributed by atoms with Gasteiger partial charge in [0.2, 0.25) is 0 Å². The van der Waals surface area contributed by atoms with Crippen LogP contribution < -0.4 is 0 Å². The number of imidazole rings is 1. The van der Waals surface area contributed by atoms with Crippen LogP contribution in [0.25, 0.3) is 70.4 Å². The standard InChI is InChI=1S/C31H18N4S/c1-2-8-26-23(6-1)30-31(36-26)35-25(7-3-9-27(35)34-30)20-12-10-19(11-13-20)24-17-16-22-15-14-21-5-4-18-32-28(21)29(22)33-24/h1-18H. The number of thiophene rings is 1. The van der Waals surface area contributed by atoms with Gasteiger partial charge in [0.05, 0.1) is 22.4 Å². The first-order valence-corrected chi connectivity index (χ1v) is 12.7. The Morgan fingerprint density at radius 3 is 2.31 bits per heavy atom. The van der Waals surface area contributed by atoms with E-state index in [1.807, 2.05) is 12.3 Å². The minimum Gasteiger partial charge on any atom is -0.284 e. The lowest BCUT2D eigenvalue weighted by molar-refractivity contribution is 1.24. The van der Waals surface area contributed by atoms with Crippen molar-refractivity contribution in [1.82, 2.24) is 19.4 Å². The molecule has 8 rings (SSSR count). The molecule has 0 aliphatic rings. The zero-order chi connectivity index (χ0) is 23.6. The number of benzene rings is 3. The van der Waals surface area contributed by atoms with Crippen LogP contribution >= 0.6 is 11.3 Å². The number of nitrogens with zero attached hydrogens (tertiary/aromatic N) is 4. The van der Waals surface area contributed by atoms with Gasteiger partial charge in [-0.2, -0.15) is 0 Å². The molecule has 0 aliphatic heterocycles. The van der Waals surface area contributed by atoms with Crippen molar-refractivity contribution >= 4 is 59.2 Å². The second kappa shape index (κ2) is 7.44. The van der Waals surface area contributed by atoms with Crippen LogP contribution in [0, 0.1) is 0 Å². The van der Waals surface area contributed by atoms with E-state index in [0.717, 1.165) is 55.5 Å². The van der Waals surface area contributed by atoms with Gasteiger partial charge in [-0.15, -0.1) is 11.3 Å². The topological polar surface area (TPSA) is 43.1 Å². The Labute approximate surface area is 210 Å². The molecule has 0 bridgehead atoms. The molecule has 36 heavy (non-hydrogen) atoms. The average molecular weight is 479 g/mol. The predicted molar refractivity (Wildman–Crippen MR) is 150 cm³/mol. The van der Waals surface area contributed by atoms with Gasteiger partial charge < -0.3 is 0 Å². The van der Waals surface area contributed by atoms with Crippen molar-refractivity contribution in [1.29, 1.82) is 0 Å². The molecule has 4 nitrogen and oxygen atoms in total. The molecule has 0 atom stereocenters. The quantitative estimate of drug-likeness (QED) is 0.236. The van der Waals surface area contributed by atoms with Gasteiger partial charge >= 0.3 is 0 Å². The van der Waals surface area contributed by atoms with Crippen molar-refractivity contribution < 1.29 is 0 Å². The van der Waals surface area contributed by atoms with Crippen LogP contribution in [-0.4, -0.2) is 19.4 Å². The SMILES string of the molecule is c1cnc2c(c1)ccc1ccc(-c3ccc(-c4cccc5nc6c7ccccc7sc6n45)cc3)nc12. The van der Waals surface area contributed by atoms with Crippen molar-refractivity contribution in [2.45, 2.75) is 0 Å². The third-order valence-corrected chi connectivity index (χ3v) is 8.00. The van der Waals surface area contributed by atoms with E-state index in [2.05, 4.69) is 106 Å². The maximum atomic E-state index is 5.01. The van der Waals surface area contributed by atoms with Crippen LogP contribution in [0.4, 0.5) is 0 Å². The summed E-state index contributed by atoms with van der Waals surface area (Å²) in [5.74, 6) is 0. The Bertz CT molecular complexity index is 2100. The zero-order valence-electron chi connectivity index (χ0n) is 19.1. The minimum absolute atomic E-state index is 0.935. The average Bonchev–Trinajstić information content (AvgIpc) is 3.49. The molecule has 5 heterocycles. The van der Waals surface area contributed by atoms with Crippen LogP contribution in [-0.2, 0) is 0 Å². The molecule has 0 saturated carbocycles. The van der Waals surface area contributed by atoms with E-state index in [-0.39, 0.29) is 0 Å². The fraction of sp³-hybridized carbons (Fsp3) is 0. The summed E-state index contributed by atoms with van der Waals surface area (Å²) in [5.41, 5.74) is 8.22. The number of rotatable bonds is 2. The van der Waals surface area contributed by atoms with Crippen molar-refractivity contribution in [3.05, 3.63) is 109 Å².